The fraction of sp³-hybridized carbons (Fsp3) is 0.462. The van der Waals surface area contributed by atoms with Crippen LogP contribution in [0.1, 0.15) is 32.8 Å². The Labute approximate surface area is 101 Å². The number of carbonyl (C=O) groups is 1. The summed E-state index contributed by atoms with van der Waals surface area (Å²) in [5, 5.41) is 0.691. The van der Waals surface area contributed by atoms with Gasteiger partial charge in [-0.15, -0.1) is 0 Å². The predicted octanol–water partition coefficient (Wildman–Crippen LogP) is 3.32. The van der Waals surface area contributed by atoms with Gasteiger partial charge in [0.1, 0.15) is 5.60 Å². The molecule has 2 rings (SSSR count). The maximum absolute atomic E-state index is 11.8. The van der Waals surface area contributed by atoms with Crippen LogP contribution in [0.25, 0.3) is 0 Å². The van der Waals surface area contributed by atoms with E-state index in [2.05, 4.69) is 0 Å². The third-order valence-corrected chi connectivity index (χ3v) is 3.36. The van der Waals surface area contributed by atoms with Crippen molar-refractivity contribution in [2.45, 2.75) is 38.4 Å². The molecule has 0 bridgehead atoms. The van der Waals surface area contributed by atoms with Crippen LogP contribution in [0.15, 0.2) is 24.3 Å². The average Bonchev–Trinajstić information content (AvgIpc) is 2.37. The summed E-state index contributed by atoms with van der Waals surface area (Å²) in [7, 11) is 0. The second kappa shape index (κ2) is 3.57. The van der Waals surface area contributed by atoms with Crippen molar-refractivity contribution in [2.75, 3.05) is 0 Å². The Morgan fingerprint density at radius 3 is 2.19 bits per heavy atom. The van der Waals surface area contributed by atoms with Gasteiger partial charge in [-0.05, 0) is 38.5 Å². The van der Waals surface area contributed by atoms with E-state index in [0.29, 0.717) is 11.4 Å². The summed E-state index contributed by atoms with van der Waals surface area (Å²) in [6.07, 6.45) is 0.418. The second-order valence-electron chi connectivity index (χ2n) is 4.95. The largest absolute Gasteiger partial charge is 0.356 e. The number of Topliss-reactive ketones (excluding diaryl/α,β-unsaturated/α-hetero) is 1. The lowest BCUT2D eigenvalue weighted by Crippen LogP contribution is -2.29. The first-order valence-corrected chi connectivity index (χ1v) is 5.71. The molecule has 0 radical (unpaired) electrons. The highest BCUT2D eigenvalue weighted by molar-refractivity contribution is 6.30. The van der Waals surface area contributed by atoms with Crippen LogP contribution in [-0.2, 0) is 15.1 Å². The molecule has 0 amide bonds. The van der Waals surface area contributed by atoms with Gasteiger partial charge in [-0.1, -0.05) is 23.7 Å². The number of hydrogen-bond acceptors (Lipinski definition) is 2. The van der Waals surface area contributed by atoms with Crippen LogP contribution in [-0.4, -0.2) is 11.4 Å². The molecule has 3 heteroatoms. The topological polar surface area (TPSA) is 26.3 Å². The summed E-state index contributed by atoms with van der Waals surface area (Å²) < 4.78 is 5.88. The van der Waals surface area contributed by atoms with E-state index in [9.17, 15) is 4.79 Å². The summed E-state index contributed by atoms with van der Waals surface area (Å²) in [5.41, 5.74) is -0.213. The molecule has 1 aliphatic heterocycles. The van der Waals surface area contributed by atoms with E-state index < -0.39 is 11.2 Å². The van der Waals surface area contributed by atoms with E-state index in [1.54, 1.807) is 0 Å². The number of hydrogen-bond donors (Lipinski definition) is 0. The van der Waals surface area contributed by atoms with E-state index in [1.165, 1.54) is 0 Å². The van der Waals surface area contributed by atoms with Gasteiger partial charge in [-0.2, -0.15) is 0 Å². The van der Waals surface area contributed by atoms with E-state index in [0.717, 1.165) is 5.56 Å². The first-order chi connectivity index (χ1) is 7.33. The van der Waals surface area contributed by atoms with Gasteiger partial charge in [0.05, 0.1) is 5.60 Å². The first kappa shape index (κ1) is 11.6. The van der Waals surface area contributed by atoms with Crippen molar-refractivity contribution >= 4 is 17.4 Å². The minimum atomic E-state index is -0.686. The van der Waals surface area contributed by atoms with Gasteiger partial charge in [0.25, 0.3) is 0 Å². The van der Waals surface area contributed by atoms with Crippen molar-refractivity contribution in [3.8, 4) is 0 Å². The Bertz CT molecular complexity index is 422. The molecule has 2 nitrogen and oxygen atoms in total. The molecule has 0 N–H and O–H groups in total. The molecule has 1 atom stereocenters. The van der Waals surface area contributed by atoms with Crippen molar-refractivity contribution in [2.24, 2.45) is 0 Å². The minimum absolute atomic E-state index is 0.143. The molecule has 16 heavy (non-hydrogen) atoms. The molecule has 0 spiro atoms. The Morgan fingerprint density at radius 2 is 1.75 bits per heavy atom. The molecule has 0 aromatic heterocycles. The van der Waals surface area contributed by atoms with Gasteiger partial charge in [0.2, 0.25) is 0 Å². The normalized spacial score (nSPS) is 28.4. The Hall–Kier alpha value is -0.860. The lowest BCUT2D eigenvalue weighted by atomic mass is 9.91. The number of rotatable bonds is 1. The fourth-order valence-electron chi connectivity index (χ4n) is 2.14. The highest BCUT2D eigenvalue weighted by atomic mass is 35.5. The molecule has 1 fully saturated rings. The molecule has 1 saturated heterocycles. The zero-order chi connectivity index (χ0) is 12.0. The first-order valence-electron chi connectivity index (χ1n) is 5.33. The number of carbonyl (C=O) groups excluding carboxylic acids is 1. The van der Waals surface area contributed by atoms with E-state index >= 15 is 0 Å². The van der Waals surface area contributed by atoms with Crippen molar-refractivity contribution in [1.82, 2.24) is 0 Å². The summed E-state index contributed by atoms with van der Waals surface area (Å²) >= 11 is 5.84. The molecule has 0 saturated carbocycles. The maximum atomic E-state index is 11.8. The van der Waals surface area contributed by atoms with Gasteiger partial charge < -0.3 is 4.74 Å². The number of halogens is 1. The van der Waals surface area contributed by atoms with Gasteiger partial charge in [0, 0.05) is 11.4 Å². The average molecular weight is 239 g/mol. The monoisotopic (exact) mass is 238 g/mol. The molecular formula is C13H15ClO2. The summed E-state index contributed by atoms with van der Waals surface area (Å²) in [6.45, 7) is 5.58. The summed E-state index contributed by atoms with van der Waals surface area (Å²) in [5.74, 6) is 0.143. The van der Waals surface area contributed by atoms with Gasteiger partial charge in [-0.3, -0.25) is 4.79 Å². The van der Waals surface area contributed by atoms with E-state index in [4.69, 9.17) is 16.3 Å². The quantitative estimate of drug-likeness (QED) is 0.750. The molecule has 1 aromatic rings. The van der Waals surface area contributed by atoms with Gasteiger partial charge in [-0.25, -0.2) is 0 Å². The highest BCUT2D eigenvalue weighted by Gasteiger charge is 2.48. The molecule has 1 aromatic carbocycles. The van der Waals surface area contributed by atoms with Crippen LogP contribution in [0.4, 0.5) is 0 Å². The maximum Gasteiger partial charge on any atom is 0.167 e. The smallest absolute Gasteiger partial charge is 0.167 e. The lowest BCUT2D eigenvalue weighted by molar-refractivity contribution is -0.133. The zero-order valence-electron chi connectivity index (χ0n) is 9.71. The molecule has 86 valence electrons. The van der Waals surface area contributed by atoms with Gasteiger partial charge >= 0.3 is 0 Å². The van der Waals surface area contributed by atoms with E-state index in [-0.39, 0.29) is 5.78 Å². The van der Waals surface area contributed by atoms with Crippen LogP contribution >= 0.6 is 11.6 Å². The van der Waals surface area contributed by atoms with Crippen LogP contribution in [0.5, 0.6) is 0 Å². The Balaban J connectivity index is 2.35. The third kappa shape index (κ3) is 1.87. The number of ether oxygens (including phenoxy) is 1. The molecule has 0 aliphatic carbocycles. The SMILES string of the molecule is CC1(C)O[C@](C)(c2ccc(Cl)cc2)CC1=O. The summed E-state index contributed by atoms with van der Waals surface area (Å²) in [4.78, 5) is 11.8. The van der Waals surface area contributed by atoms with Crippen molar-refractivity contribution in [3.05, 3.63) is 34.9 Å². The fourth-order valence-corrected chi connectivity index (χ4v) is 2.26. The predicted molar refractivity (Wildman–Crippen MR) is 63.6 cm³/mol. The number of ketones is 1. The zero-order valence-corrected chi connectivity index (χ0v) is 10.5. The van der Waals surface area contributed by atoms with Crippen LogP contribution in [0, 0.1) is 0 Å². The standard InChI is InChI=1S/C13H15ClO2/c1-12(2)11(15)8-13(3,16-12)9-4-6-10(14)7-5-9/h4-7H,8H2,1-3H3/t13-/m0/s1. The van der Waals surface area contributed by atoms with Crippen LogP contribution in [0.2, 0.25) is 5.02 Å². The molecular weight excluding hydrogens is 224 g/mol. The second-order valence-corrected chi connectivity index (χ2v) is 5.39. The Morgan fingerprint density at radius 1 is 1.19 bits per heavy atom. The van der Waals surface area contributed by atoms with Gasteiger partial charge in [0.15, 0.2) is 5.78 Å². The molecule has 0 unspecified atom stereocenters. The number of benzene rings is 1. The van der Waals surface area contributed by atoms with Crippen molar-refractivity contribution in [3.63, 3.8) is 0 Å². The lowest BCUT2D eigenvalue weighted by Gasteiger charge is -2.27. The van der Waals surface area contributed by atoms with E-state index in [1.807, 2.05) is 45.0 Å². The molecule has 1 aliphatic rings. The van der Waals surface area contributed by atoms with Crippen molar-refractivity contribution in [1.29, 1.82) is 0 Å². The van der Waals surface area contributed by atoms with Crippen LogP contribution in [0.3, 0.4) is 0 Å². The Kier molecular flexibility index (Phi) is 2.59. The third-order valence-electron chi connectivity index (χ3n) is 3.10. The summed E-state index contributed by atoms with van der Waals surface area (Å²) in [6, 6.07) is 7.47. The molecule has 1 heterocycles. The minimum Gasteiger partial charge on any atom is -0.356 e. The van der Waals surface area contributed by atoms with Crippen molar-refractivity contribution < 1.29 is 9.53 Å². The van der Waals surface area contributed by atoms with Crippen LogP contribution < -0.4 is 0 Å². The highest BCUT2D eigenvalue weighted by Crippen LogP contribution is 2.41.